The van der Waals surface area contributed by atoms with E-state index in [-0.39, 0.29) is 5.76 Å². The topological polar surface area (TPSA) is 53.4 Å². The molecule has 0 aliphatic carbocycles. The Balaban J connectivity index is 2.09. The molecule has 1 atom stereocenters. The van der Waals surface area contributed by atoms with Gasteiger partial charge < -0.3 is 10.2 Å². The molecule has 1 aromatic heterocycles. The van der Waals surface area contributed by atoms with Crippen molar-refractivity contribution in [3.63, 3.8) is 0 Å². The van der Waals surface area contributed by atoms with Gasteiger partial charge in [0.2, 0.25) is 0 Å². The molecule has 2 aromatic rings. The number of thiazole rings is 1. The van der Waals surface area contributed by atoms with Gasteiger partial charge in [0, 0.05) is 10.4 Å². The van der Waals surface area contributed by atoms with Gasteiger partial charge in [0.25, 0.3) is 0 Å². The van der Waals surface area contributed by atoms with Crippen LogP contribution < -0.4 is 0 Å². The number of aliphatic hydroxyl groups is 2. The molecule has 0 spiro atoms. The molecule has 2 heterocycles. The van der Waals surface area contributed by atoms with E-state index < -0.39 is 10.2 Å². The number of nitrogens with zero attached hydrogens (tertiary/aromatic N) is 1. The Labute approximate surface area is 132 Å². The molecule has 2 N–H and O–H groups in total. The molecule has 3 rings (SSSR count). The van der Waals surface area contributed by atoms with Gasteiger partial charge in [0.15, 0.2) is 0 Å². The fraction of sp³-hybridized carbons (Fsp3) is 0.312. The number of hydrogen-bond donors (Lipinski definition) is 2. The number of aromatic nitrogens is 1. The normalized spacial score (nSPS) is 21.0. The first kappa shape index (κ1) is 14.6. The van der Waals surface area contributed by atoms with E-state index in [4.69, 9.17) is 0 Å². The fourth-order valence-corrected chi connectivity index (χ4v) is 4.47. The lowest BCUT2D eigenvalue weighted by atomic mass is 10.0. The van der Waals surface area contributed by atoms with E-state index in [0.717, 1.165) is 15.4 Å². The Morgan fingerprint density at radius 1 is 1.19 bits per heavy atom. The molecule has 0 fully saturated rings. The molecule has 1 unspecified atom stereocenters. The van der Waals surface area contributed by atoms with Crippen LogP contribution in [-0.4, -0.2) is 25.4 Å². The average Bonchev–Trinajstić information content (AvgIpc) is 2.90. The van der Waals surface area contributed by atoms with Crippen molar-refractivity contribution >= 4 is 28.7 Å². The molecule has 0 bridgehead atoms. The maximum Gasteiger partial charge on any atom is 0.131 e. The van der Waals surface area contributed by atoms with Crippen molar-refractivity contribution in [1.82, 2.24) is 4.98 Å². The van der Waals surface area contributed by atoms with Gasteiger partial charge in [-0.1, -0.05) is 30.3 Å². The molecule has 1 aliphatic heterocycles. The molecule has 0 saturated heterocycles. The molecule has 0 saturated carbocycles. The van der Waals surface area contributed by atoms with E-state index in [2.05, 4.69) is 4.98 Å². The summed E-state index contributed by atoms with van der Waals surface area (Å²) in [4.78, 5) is 5.66. The third-order valence-corrected chi connectivity index (χ3v) is 5.81. The summed E-state index contributed by atoms with van der Waals surface area (Å²) in [5.74, 6) is 0.230. The van der Waals surface area contributed by atoms with Crippen molar-refractivity contribution in [2.24, 2.45) is 0 Å². The van der Waals surface area contributed by atoms with Crippen LogP contribution >= 0.6 is 23.1 Å². The van der Waals surface area contributed by atoms with E-state index in [9.17, 15) is 10.2 Å². The summed E-state index contributed by atoms with van der Waals surface area (Å²) < 4.78 is -0.474. The molecule has 21 heavy (non-hydrogen) atoms. The first-order valence-electron chi connectivity index (χ1n) is 6.73. The Morgan fingerprint density at radius 3 is 2.43 bits per heavy atom. The van der Waals surface area contributed by atoms with Crippen LogP contribution in [0.25, 0.3) is 16.1 Å². The smallest absolute Gasteiger partial charge is 0.131 e. The van der Waals surface area contributed by atoms with Crippen molar-refractivity contribution in [3.8, 4) is 10.6 Å². The largest absolute Gasteiger partial charge is 0.510 e. The molecular weight excluding hydrogens is 302 g/mol. The number of aryl methyl sites for hydroxylation is 1. The monoisotopic (exact) mass is 319 g/mol. The summed E-state index contributed by atoms with van der Waals surface area (Å²) in [6.07, 6.45) is 0. The van der Waals surface area contributed by atoms with E-state index in [0.29, 0.717) is 11.3 Å². The molecule has 0 amide bonds. The lowest BCUT2D eigenvalue weighted by Crippen LogP contribution is -2.14. The van der Waals surface area contributed by atoms with Gasteiger partial charge in [-0.05, 0) is 20.8 Å². The minimum absolute atomic E-state index is 0.230. The van der Waals surface area contributed by atoms with Gasteiger partial charge in [0.1, 0.15) is 16.2 Å². The van der Waals surface area contributed by atoms with E-state index in [1.54, 1.807) is 11.3 Å². The predicted molar refractivity (Wildman–Crippen MR) is 89.5 cm³/mol. The minimum atomic E-state index is -0.732. The lowest BCUT2D eigenvalue weighted by molar-refractivity contribution is 0.315. The van der Waals surface area contributed by atoms with E-state index in [1.165, 1.54) is 11.8 Å². The zero-order chi connectivity index (χ0) is 15.2. The van der Waals surface area contributed by atoms with Gasteiger partial charge in [-0.2, -0.15) is 0 Å². The van der Waals surface area contributed by atoms with Crippen molar-refractivity contribution in [2.75, 3.05) is 0 Å². The van der Waals surface area contributed by atoms with Crippen LogP contribution in [0.4, 0.5) is 0 Å². The van der Waals surface area contributed by atoms with Crippen molar-refractivity contribution in [3.05, 3.63) is 46.7 Å². The number of rotatable bonds is 2. The fourth-order valence-electron chi connectivity index (χ4n) is 2.41. The highest BCUT2D eigenvalue weighted by molar-refractivity contribution is 8.02. The second-order valence-electron chi connectivity index (χ2n) is 5.53. The summed E-state index contributed by atoms with van der Waals surface area (Å²) >= 11 is 2.93. The van der Waals surface area contributed by atoms with Crippen LogP contribution in [-0.2, 0) is 0 Å². The molecule has 1 aliphatic rings. The quantitative estimate of drug-likeness (QED) is 0.869. The average molecular weight is 319 g/mol. The van der Waals surface area contributed by atoms with Crippen LogP contribution in [0.2, 0.25) is 0 Å². The summed E-state index contributed by atoms with van der Waals surface area (Å²) in [5, 5.41) is 21.6. The van der Waals surface area contributed by atoms with Crippen LogP contribution in [0.15, 0.2) is 36.1 Å². The SMILES string of the molecule is Cc1sc(-c2ccccc2)nc1C1=C(O)C(C)(C)SC1O. The Kier molecular flexibility index (Phi) is 3.59. The van der Waals surface area contributed by atoms with Crippen molar-refractivity contribution in [2.45, 2.75) is 31.0 Å². The molecule has 5 heteroatoms. The third-order valence-electron chi connectivity index (χ3n) is 3.55. The van der Waals surface area contributed by atoms with Crippen LogP contribution in [0.5, 0.6) is 0 Å². The molecule has 0 radical (unpaired) electrons. The van der Waals surface area contributed by atoms with Gasteiger partial charge in [0.05, 0.1) is 16.0 Å². The van der Waals surface area contributed by atoms with Gasteiger partial charge in [-0.15, -0.1) is 23.1 Å². The Morgan fingerprint density at radius 2 is 1.86 bits per heavy atom. The first-order valence-corrected chi connectivity index (χ1v) is 8.42. The van der Waals surface area contributed by atoms with E-state index in [1.807, 2.05) is 51.1 Å². The highest BCUT2D eigenvalue weighted by Gasteiger charge is 2.41. The number of thioether (sulfide) groups is 1. The second kappa shape index (κ2) is 5.16. The van der Waals surface area contributed by atoms with E-state index >= 15 is 0 Å². The second-order valence-corrected chi connectivity index (χ2v) is 8.44. The summed E-state index contributed by atoms with van der Waals surface area (Å²) in [6, 6.07) is 9.96. The minimum Gasteiger partial charge on any atom is -0.510 e. The van der Waals surface area contributed by atoms with Gasteiger partial charge in [-0.3, -0.25) is 0 Å². The zero-order valence-electron chi connectivity index (χ0n) is 12.1. The van der Waals surface area contributed by atoms with Crippen molar-refractivity contribution < 1.29 is 10.2 Å². The van der Waals surface area contributed by atoms with Gasteiger partial charge in [-0.25, -0.2) is 4.98 Å². The molecule has 110 valence electrons. The van der Waals surface area contributed by atoms with Crippen LogP contribution in [0, 0.1) is 6.92 Å². The third kappa shape index (κ3) is 2.50. The zero-order valence-corrected chi connectivity index (χ0v) is 13.8. The van der Waals surface area contributed by atoms with Crippen LogP contribution in [0.3, 0.4) is 0 Å². The standard InChI is InChI=1S/C16H17NO2S2/c1-9-12(11-13(18)16(2,3)21-15(11)19)17-14(20-9)10-7-5-4-6-8-10/h4-8,15,18-19H,1-3H3. The maximum absolute atomic E-state index is 10.4. The molecular formula is C16H17NO2S2. The molecule has 1 aromatic carbocycles. The highest BCUT2D eigenvalue weighted by atomic mass is 32.2. The number of benzene rings is 1. The first-order chi connectivity index (χ1) is 9.90. The van der Waals surface area contributed by atoms with Crippen LogP contribution in [0.1, 0.15) is 24.4 Å². The van der Waals surface area contributed by atoms with Crippen molar-refractivity contribution in [1.29, 1.82) is 0 Å². The van der Waals surface area contributed by atoms with Gasteiger partial charge >= 0.3 is 0 Å². The molecule has 3 nitrogen and oxygen atoms in total. The number of hydrogen-bond acceptors (Lipinski definition) is 5. The maximum atomic E-state index is 10.4. The Bertz CT molecular complexity index is 704. The summed E-state index contributed by atoms with van der Waals surface area (Å²) in [6.45, 7) is 5.79. The number of aliphatic hydroxyl groups excluding tert-OH is 2. The predicted octanol–water partition coefficient (Wildman–Crippen LogP) is 4.23. The summed E-state index contributed by atoms with van der Waals surface area (Å²) in [7, 11) is 0. The highest BCUT2D eigenvalue weighted by Crippen LogP contribution is 2.49. The summed E-state index contributed by atoms with van der Waals surface area (Å²) in [5.41, 5.74) is 1.59. The lowest BCUT2D eigenvalue weighted by Gasteiger charge is -2.16. The Hall–Kier alpha value is -1.30.